The van der Waals surface area contributed by atoms with E-state index >= 15 is 0 Å². The molecule has 0 saturated carbocycles. The highest BCUT2D eigenvalue weighted by Crippen LogP contribution is 2.03. The summed E-state index contributed by atoms with van der Waals surface area (Å²) < 4.78 is 6.52. The third kappa shape index (κ3) is 4.85. The molecule has 1 aromatic rings. The van der Waals surface area contributed by atoms with E-state index in [9.17, 15) is 9.90 Å². The number of rotatable bonds is 8. The smallest absolute Gasteiger partial charge is 0.338 e. The zero-order chi connectivity index (χ0) is 13.4. The summed E-state index contributed by atoms with van der Waals surface area (Å²) >= 11 is 0. The zero-order valence-corrected chi connectivity index (χ0v) is 10.9. The number of hydrogen-bond acceptors (Lipinski definition) is 5. The molecule has 0 aromatic carbocycles. The van der Waals surface area contributed by atoms with Crippen LogP contribution in [0.25, 0.3) is 0 Å². The van der Waals surface area contributed by atoms with Crippen LogP contribution in [-0.4, -0.2) is 46.4 Å². The number of aryl methyl sites for hydroxylation is 1. The van der Waals surface area contributed by atoms with E-state index in [1.165, 1.54) is 14.0 Å². The molecule has 0 saturated heterocycles. The molecule has 0 aliphatic rings. The van der Waals surface area contributed by atoms with Gasteiger partial charge in [0.05, 0.1) is 13.4 Å². The monoisotopic (exact) mass is 255 g/mol. The Kier molecular flexibility index (Phi) is 5.80. The van der Waals surface area contributed by atoms with Crippen LogP contribution in [0.15, 0.2) is 18.7 Å². The lowest BCUT2D eigenvalue weighted by Crippen LogP contribution is -2.45. The highest BCUT2D eigenvalue weighted by Gasteiger charge is 2.30. The number of nitrogens with one attached hydrogen (secondary N) is 1. The lowest BCUT2D eigenvalue weighted by Gasteiger charge is -2.20. The summed E-state index contributed by atoms with van der Waals surface area (Å²) in [5.74, 6) is -0.617. The van der Waals surface area contributed by atoms with Crippen molar-refractivity contribution in [2.45, 2.75) is 31.9 Å². The van der Waals surface area contributed by atoms with Gasteiger partial charge in [-0.3, -0.25) is 0 Å². The molecule has 2 N–H and O–H groups in total. The molecule has 1 atom stereocenters. The Morgan fingerprint density at radius 2 is 2.33 bits per heavy atom. The molecule has 0 fully saturated rings. The maximum Gasteiger partial charge on any atom is 0.338 e. The van der Waals surface area contributed by atoms with Gasteiger partial charge >= 0.3 is 5.97 Å². The van der Waals surface area contributed by atoms with Crippen LogP contribution in [0.5, 0.6) is 0 Å². The second-order valence-corrected chi connectivity index (χ2v) is 4.45. The number of ether oxygens (including phenoxy) is 1. The van der Waals surface area contributed by atoms with Crippen LogP contribution in [0.2, 0.25) is 0 Å². The van der Waals surface area contributed by atoms with Crippen molar-refractivity contribution in [1.82, 2.24) is 14.9 Å². The van der Waals surface area contributed by atoms with Gasteiger partial charge in [-0.2, -0.15) is 0 Å². The minimum Gasteiger partial charge on any atom is -0.467 e. The van der Waals surface area contributed by atoms with Gasteiger partial charge in [0.15, 0.2) is 5.60 Å². The number of nitrogens with zero attached hydrogens (tertiary/aromatic N) is 2. The van der Waals surface area contributed by atoms with Crippen molar-refractivity contribution in [1.29, 1.82) is 0 Å². The number of hydrogen-bond donors (Lipinski definition) is 2. The van der Waals surface area contributed by atoms with Gasteiger partial charge in [0, 0.05) is 25.5 Å². The number of methoxy groups -OCH3 is 1. The van der Waals surface area contributed by atoms with E-state index < -0.39 is 11.6 Å². The number of imidazole rings is 1. The molecular formula is C12H21N3O3. The van der Waals surface area contributed by atoms with Crippen molar-refractivity contribution in [2.75, 3.05) is 20.2 Å². The Labute approximate surface area is 107 Å². The molecule has 1 rings (SSSR count). The lowest BCUT2D eigenvalue weighted by molar-refractivity contribution is -0.159. The molecule has 0 aliphatic heterocycles. The number of aliphatic hydroxyl groups is 1. The summed E-state index contributed by atoms with van der Waals surface area (Å²) in [5, 5.41) is 12.8. The fourth-order valence-electron chi connectivity index (χ4n) is 1.59. The molecule has 0 amide bonds. The fourth-order valence-corrected chi connectivity index (χ4v) is 1.59. The molecule has 6 heteroatoms. The van der Waals surface area contributed by atoms with Crippen LogP contribution in [-0.2, 0) is 16.1 Å². The van der Waals surface area contributed by atoms with Crippen LogP contribution in [0, 0.1) is 0 Å². The quantitative estimate of drug-likeness (QED) is 0.512. The Balaban J connectivity index is 2.06. The Hall–Kier alpha value is -1.40. The standard InChI is InChI=1S/C12H21N3O3/c1-12(17,11(16)18-2)9-13-5-3-4-7-15-8-6-14-10-15/h6,8,10,13,17H,3-5,7,9H2,1-2H3. The van der Waals surface area contributed by atoms with Gasteiger partial charge in [0.25, 0.3) is 0 Å². The molecule has 1 heterocycles. The minimum atomic E-state index is -1.46. The predicted octanol–water partition coefficient (Wildman–Crippen LogP) is 0.177. The van der Waals surface area contributed by atoms with Crippen LogP contribution < -0.4 is 5.32 Å². The Morgan fingerprint density at radius 1 is 1.56 bits per heavy atom. The summed E-state index contributed by atoms with van der Waals surface area (Å²) in [4.78, 5) is 15.1. The molecule has 1 aromatic heterocycles. The average molecular weight is 255 g/mol. The van der Waals surface area contributed by atoms with E-state index in [1.807, 2.05) is 10.8 Å². The van der Waals surface area contributed by atoms with Crippen LogP contribution in [0.3, 0.4) is 0 Å². The van der Waals surface area contributed by atoms with Crippen molar-refractivity contribution < 1.29 is 14.6 Å². The molecule has 0 radical (unpaired) electrons. The number of aromatic nitrogens is 2. The van der Waals surface area contributed by atoms with E-state index in [4.69, 9.17) is 0 Å². The van der Waals surface area contributed by atoms with E-state index in [0.717, 1.165) is 25.9 Å². The fraction of sp³-hybridized carbons (Fsp3) is 0.667. The third-order valence-electron chi connectivity index (χ3n) is 2.67. The number of carbonyl (C=O) groups is 1. The van der Waals surface area contributed by atoms with Gasteiger partial charge < -0.3 is 19.7 Å². The van der Waals surface area contributed by atoms with Gasteiger partial charge in [0.2, 0.25) is 0 Å². The number of unbranched alkanes of at least 4 members (excludes halogenated alkanes) is 1. The van der Waals surface area contributed by atoms with Gasteiger partial charge in [-0.1, -0.05) is 0 Å². The highest BCUT2D eigenvalue weighted by molar-refractivity contribution is 5.78. The largest absolute Gasteiger partial charge is 0.467 e. The summed E-state index contributed by atoms with van der Waals surface area (Å²) in [6, 6.07) is 0. The van der Waals surface area contributed by atoms with Crippen molar-refractivity contribution in [3.8, 4) is 0 Å². The van der Waals surface area contributed by atoms with Gasteiger partial charge in [-0.05, 0) is 26.3 Å². The first-order valence-corrected chi connectivity index (χ1v) is 6.03. The molecule has 6 nitrogen and oxygen atoms in total. The van der Waals surface area contributed by atoms with Gasteiger partial charge in [0.1, 0.15) is 0 Å². The maximum atomic E-state index is 11.2. The van der Waals surface area contributed by atoms with Crippen LogP contribution in [0.4, 0.5) is 0 Å². The van der Waals surface area contributed by atoms with Gasteiger partial charge in [-0.25, -0.2) is 9.78 Å². The topological polar surface area (TPSA) is 76.4 Å². The minimum absolute atomic E-state index is 0.199. The van der Waals surface area contributed by atoms with Crippen molar-refractivity contribution >= 4 is 5.97 Å². The molecule has 102 valence electrons. The summed E-state index contributed by atoms with van der Waals surface area (Å²) in [6.07, 6.45) is 7.45. The SMILES string of the molecule is COC(=O)C(C)(O)CNCCCCn1ccnc1. The number of carbonyl (C=O) groups excluding carboxylic acids is 1. The first kappa shape index (κ1) is 14.7. The zero-order valence-electron chi connectivity index (χ0n) is 10.9. The maximum absolute atomic E-state index is 11.2. The predicted molar refractivity (Wildman–Crippen MR) is 67.0 cm³/mol. The average Bonchev–Trinajstić information content (AvgIpc) is 2.85. The summed E-state index contributed by atoms with van der Waals surface area (Å²) in [5.41, 5.74) is -1.46. The molecule has 1 unspecified atom stereocenters. The van der Waals surface area contributed by atoms with Crippen LogP contribution in [0.1, 0.15) is 19.8 Å². The molecule has 0 aliphatic carbocycles. The van der Waals surface area contributed by atoms with E-state index in [2.05, 4.69) is 15.0 Å². The second-order valence-electron chi connectivity index (χ2n) is 4.45. The lowest BCUT2D eigenvalue weighted by atomic mass is 10.1. The summed E-state index contributed by atoms with van der Waals surface area (Å²) in [6.45, 7) is 3.32. The Morgan fingerprint density at radius 3 is 2.94 bits per heavy atom. The van der Waals surface area contributed by atoms with Crippen LogP contribution >= 0.6 is 0 Å². The second kappa shape index (κ2) is 7.13. The first-order chi connectivity index (χ1) is 8.56. The van der Waals surface area contributed by atoms with E-state index in [1.54, 1.807) is 12.5 Å². The van der Waals surface area contributed by atoms with E-state index in [-0.39, 0.29) is 6.54 Å². The van der Waals surface area contributed by atoms with Crippen molar-refractivity contribution in [3.63, 3.8) is 0 Å². The normalized spacial score (nSPS) is 14.2. The van der Waals surface area contributed by atoms with E-state index in [0.29, 0.717) is 0 Å². The molecule has 18 heavy (non-hydrogen) atoms. The third-order valence-corrected chi connectivity index (χ3v) is 2.67. The Bertz CT molecular complexity index is 349. The summed E-state index contributed by atoms with van der Waals surface area (Å²) in [7, 11) is 1.27. The molecular weight excluding hydrogens is 234 g/mol. The molecule has 0 spiro atoms. The highest BCUT2D eigenvalue weighted by atomic mass is 16.5. The van der Waals surface area contributed by atoms with Gasteiger partial charge in [-0.15, -0.1) is 0 Å². The molecule has 0 bridgehead atoms. The van der Waals surface area contributed by atoms with Crippen molar-refractivity contribution in [2.24, 2.45) is 0 Å². The first-order valence-electron chi connectivity index (χ1n) is 6.03. The van der Waals surface area contributed by atoms with Crippen molar-refractivity contribution in [3.05, 3.63) is 18.7 Å². The number of esters is 1.